The van der Waals surface area contributed by atoms with Crippen LogP contribution in [0.3, 0.4) is 0 Å². The van der Waals surface area contributed by atoms with Gasteiger partial charge in [0.2, 0.25) is 0 Å². The van der Waals surface area contributed by atoms with E-state index < -0.39 is 24.0 Å². The Balaban J connectivity index is 1.98. The Morgan fingerprint density at radius 1 is 1.05 bits per heavy atom. The number of allylic oxidation sites excluding steroid dienone is 3. The van der Waals surface area contributed by atoms with E-state index >= 15 is 0 Å². The molecule has 0 aromatic heterocycles. The van der Waals surface area contributed by atoms with Gasteiger partial charge in [0.15, 0.2) is 0 Å². The number of nitrogens with zero attached hydrogens (tertiary/aromatic N) is 2. The van der Waals surface area contributed by atoms with Gasteiger partial charge in [-0.05, 0) is 32.0 Å². The summed E-state index contributed by atoms with van der Waals surface area (Å²) >= 11 is 0. The monoisotopic (exact) mass is 553 g/mol. The summed E-state index contributed by atoms with van der Waals surface area (Å²) in [7, 11) is -1.08. The molecule has 1 unspecified atom stereocenters. The molecule has 39 heavy (non-hydrogen) atoms. The number of ether oxygens (including phenoxy) is 1. The Hall–Kier alpha value is -3.22. The number of non-ortho nitro benzene ring substituents is 1. The molecule has 3 rings (SSSR count). The number of dihydropyridines is 1. The quantitative estimate of drug-likeness (QED) is 0.144. The van der Waals surface area contributed by atoms with E-state index in [0.717, 1.165) is 12.1 Å². The number of likely N-dealkylation sites (N-methyl/N-ethyl adjacent to an activating group) is 1. The van der Waals surface area contributed by atoms with Gasteiger partial charge >= 0.3 is 5.97 Å². The molecule has 0 fully saturated rings. The van der Waals surface area contributed by atoms with Gasteiger partial charge in [-0.2, -0.15) is 0 Å². The zero-order chi connectivity index (χ0) is 28.9. The van der Waals surface area contributed by atoms with Crippen LogP contribution in [-0.4, -0.2) is 47.3 Å². The lowest BCUT2D eigenvalue weighted by Gasteiger charge is -2.39. The summed E-state index contributed by atoms with van der Waals surface area (Å²) < 4.78 is 20.5. The zero-order valence-electron chi connectivity index (χ0n) is 23.9. The molecule has 1 atom stereocenters. The highest BCUT2D eigenvalue weighted by atomic mass is 31.2. The van der Waals surface area contributed by atoms with Crippen LogP contribution in [0.4, 0.5) is 5.69 Å². The summed E-state index contributed by atoms with van der Waals surface area (Å²) in [6.45, 7) is 12.8. The second-order valence-corrected chi connectivity index (χ2v) is 14.7. The van der Waals surface area contributed by atoms with Gasteiger partial charge in [0.1, 0.15) is 13.7 Å². The third-order valence-electron chi connectivity index (χ3n) is 7.27. The Bertz CT molecular complexity index is 1300. The molecule has 1 aliphatic heterocycles. The van der Waals surface area contributed by atoms with E-state index in [-0.39, 0.29) is 23.6 Å². The fourth-order valence-corrected chi connectivity index (χ4v) is 8.93. The lowest BCUT2D eigenvalue weighted by molar-refractivity contribution is -0.384. The standard InChI is InChI=1S/C30H40N3O5P/c1-20(2)39(37,21(3)4)29-23(6)31-22(5)27(28(29)25-14-11-15-26(18-25)33(35)36)30(34)38-17-16-32(7)19-24-12-9-8-10-13-24/h8-15,18,20-21,28,31H,16-17,19H2,1-7H3. The maximum absolute atomic E-state index is 14.7. The third-order valence-corrected chi connectivity index (χ3v) is 11.7. The lowest BCUT2D eigenvalue weighted by atomic mass is 9.86. The average Bonchev–Trinajstić information content (AvgIpc) is 2.88. The number of esters is 1. The van der Waals surface area contributed by atoms with Crippen LogP contribution in [0.25, 0.3) is 0 Å². The molecular formula is C30H40N3O5P. The molecule has 1 N–H and O–H groups in total. The van der Waals surface area contributed by atoms with Crippen molar-refractivity contribution in [2.75, 3.05) is 20.2 Å². The zero-order valence-corrected chi connectivity index (χ0v) is 24.8. The molecule has 0 aliphatic carbocycles. The summed E-state index contributed by atoms with van der Waals surface area (Å²) in [5, 5.41) is 15.5. The average molecular weight is 554 g/mol. The second kappa shape index (κ2) is 12.8. The van der Waals surface area contributed by atoms with Crippen molar-refractivity contribution in [3.63, 3.8) is 0 Å². The Morgan fingerprint density at radius 2 is 1.69 bits per heavy atom. The minimum atomic E-state index is -3.04. The highest BCUT2D eigenvalue weighted by molar-refractivity contribution is 7.69. The van der Waals surface area contributed by atoms with Gasteiger partial charge in [0, 0.05) is 59.2 Å². The Morgan fingerprint density at radius 3 is 2.28 bits per heavy atom. The van der Waals surface area contributed by atoms with Crippen LogP contribution in [-0.2, 0) is 20.6 Å². The summed E-state index contributed by atoms with van der Waals surface area (Å²) in [5.74, 6) is -1.25. The fourth-order valence-electron chi connectivity index (χ4n) is 5.36. The molecule has 0 saturated carbocycles. The van der Waals surface area contributed by atoms with Gasteiger partial charge in [0.05, 0.1) is 10.5 Å². The second-order valence-electron chi connectivity index (χ2n) is 10.7. The van der Waals surface area contributed by atoms with E-state index in [4.69, 9.17) is 4.74 Å². The van der Waals surface area contributed by atoms with Crippen molar-refractivity contribution in [1.82, 2.24) is 10.2 Å². The molecule has 8 nitrogen and oxygen atoms in total. The number of nitro benzene ring substituents is 1. The van der Waals surface area contributed by atoms with Crippen LogP contribution in [0.2, 0.25) is 0 Å². The molecule has 0 radical (unpaired) electrons. The first-order chi connectivity index (χ1) is 18.4. The highest BCUT2D eigenvalue weighted by Gasteiger charge is 2.45. The smallest absolute Gasteiger partial charge is 0.336 e. The number of carbonyl (C=O) groups excluding carboxylic acids is 1. The molecule has 2 aromatic carbocycles. The molecule has 0 bridgehead atoms. The maximum Gasteiger partial charge on any atom is 0.336 e. The van der Waals surface area contributed by atoms with Crippen LogP contribution in [0.1, 0.15) is 58.6 Å². The first-order valence-electron chi connectivity index (χ1n) is 13.3. The number of nitrogens with one attached hydrogen (secondary N) is 1. The molecule has 210 valence electrons. The maximum atomic E-state index is 14.7. The first-order valence-corrected chi connectivity index (χ1v) is 15.1. The Kier molecular flexibility index (Phi) is 9.92. The van der Waals surface area contributed by atoms with E-state index in [0.29, 0.717) is 34.4 Å². The largest absolute Gasteiger partial charge is 0.461 e. The normalized spacial score (nSPS) is 16.2. The van der Waals surface area contributed by atoms with Gasteiger partial charge in [-0.15, -0.1) is 0 Å². The number of hydrogen-bond donors (Lipinski definition) is 1. The number of carbonyl (C=O) groups is 1. The molecule has 0 saturated heterocycles. The van der Waals surface area contributed by atoms with E-state index in [1.807, 2.05) is 72.0 Å². The van der Waals surface area contributed by atoms with Crippen LogP contribution < -0.4 is 5.32 Å². The van der Waals surface area contributed by atoms with E-state index in [9.17, 15) is 19.5 Å². The topological polar surface area (TPSA) is 102 Å². The van der Waals surface area contributed by atoms with Crippen molar-refractivity contribution in [3.8, 4) is 0 Å². The molecular weight excluding hydrogens is 513 g/mol. The minimum absolute atomic E-state index is 0.0835. The van der Waals surface area contributed by atoms with Crippen molar-refractivity contribution < 1.29 is 19.0 Å². The van der Waals surface area contributed by atoms with E-state index in [2.05, 4.69) is 10.2 Å². The summed E-state index contributed by atoms with van der Waals surface area (Å²) in [6.07, 6.45) is 0. The van der Waals surface area contributed by atoms with E-state index in [1.54, 1.807) is 19.1 Å². The van der Waals surface area contributed by atoms with Crippen molar-refractivity contribution in [2.24, 2.45) is 0 Å². The predicted molar refractivity (Wildman–Crippen MR) is 156 cm³/mol. The first kappa shape index (κ1) is 30.3. The number of rotatable bonds is 11. The predicted octanol–water partition coefficient (Wildman–Crippen LogP) is 6.64. The molecule has 0 spiro atoms. The molecule has 2 aromatic rings. The SMILES string of the molecule is CC1=C(C(=O)OCCN(C)Cc2ccccc2)C(c2cccc([N+](=O)[O-])c2)C(P(=O)(C(C)C)C(C)C)=C(C)N1. The van der Waals surface area contributed by atoms with Gasteiger partial charge in [-0.25, -0.2) is 4.79 Å². The molecule has 1 aliphatic rings. The van der Waals surface area contributed by atoms with Gasteiger partial charge < -0.3 is 14.6 Å². The van der Waals surface area contributed by atoms with Crippen molar-refractivity contribution in [2.45, 2.75) is 65.3 Å². The molecule has 0 amide bonds. The minimum Gasteiger partial charge on any atom is -0.461 e. The number of nitro groups is 1. The van der Waals surface area contributed by atoms with Crippen molar-refractivity contribution in [3.05, 3.63) is 98.1 Å². The Labute approximate surface area is 231 Å². The summed E-state index contributed by atoms with van der Waals surface area (Å²) in [4.78, 5) is 26.9. The van der Waals surface area contributed by atoms with Crippen LogP contribution in [0.5, 0.6) is 0 Å². The fraction of sp³-hybridized carbons (Fsp3) is 0.433. The lowest BCUT2D eigenvalue weighted by Crippen LogP contribution is -2.32. The van der Waals surface area contributed by atoms with Crippen LogP contribution in [0.15, 0.2) is 76.9 Å². The molecule has 9 heteroatoms. The van der Waals surface area contributed by atoms with Gasteiger partial charge in [0.25, 0.3) is 5.69 Å². The van der Waals surface area contributed by atoms with Gasteiger partial charge in [-0.3, -0.25) is 15.0 Å². The van der Waals surface area contributed by atoms with E-state index in [1.165, 1.54) is 12.1 Å². The highest BCUT2D eigenvalue weighted by Crippen LogP contribution is 2.68. The molecule has 1 heterocycles. The number of benzene rings is 2. The van der Waals surface area contributed by atoms with Crippen molar-refractivity contribution >= 4 is 18.8 Å². The van der Waals surface area contributed by atoms with Crippen LogP contribution >= 0.6 is 7.14 Å². The summed E-state index contributed by atoms with van der Waals surface area (Å²) in [5.41, 5.74) is 2.90. The third kappa shape index (κ3) is 6.68. The van der Waals surface area contributed by atoms with Crippen LogP contribution in [0, 0.1) is 10.1 Å². The summed E-state index contributed by atoms with van der Waals surface area (Å²) in [6, 6.07) is 16.3. The van der Waals surface area contributed by atoms with Gasteiger partial charge in [-0.1, -0.05) is 70.2 Å². The van der Waals surface area contributed by atoms with Crippen molar-refractivity contribution in [1.29, 1.82) is 0 Å². The number of hydrogen-bond acceptors (Lipinski definition) is 7.